The van der Waals surface area contributed by atoms with Crippen LogP contribution in [0.2, 0.25) is 0 Å². The van der Waals surface area contributed by atoms with Crippen molar-refractivity contribution in [2.24, 2.45) is 5.92 Å². The van der Waals surface area contributed by atoms with Crippen LogP contribution in [0, 0.1) is 5.92 Å². The first-order valence-corrected chi connectivity index (χ1v) is 6.96. The topological polar surface area (TPSA) is 50.4 Å². The molecule has 4 heteroatoms. The summed E-state index contributed by atoms with van der Waals surface area (Å²) >= 11 is 0. The van der Waals surface area contributed by atoms with Gasteiger partial charge in [0.15, 0.2) is 0 Å². The van der Waals surface area contributed by atoms with Crippen molar-refractivity contribution in [1.29, 1.82) is 0 Å². The third-order valence-corrected chi connectivity index (χ3v) is 3.29. The average Bonchev–Trinajstić information content (AvgIpc) is 2.37. The highest BCUT2D eigenvalue weighted by Gasteiger charge is 2.23. The molecule has 0 atom stereocenters. The van der Waals surface area contributed by atoms with Crippen molar-refractivity contribution in [3.63, 3.8) is 0 Å². The van der Waals surface area contributed by atoms with Crippen molar-refractivity contribution in [3.05, 3.63) is 35.9 Å². The van der Waals surface area contributed by atoms with Gasteiger partial charge in [-0.2, -0.15) is 0 Å². The Morgan fingerprint density at radius 3 is 2.74 bits per heavy atom. The van der Waals surface area contributed by atoms with Crippen LogP contribution in [0.1, 0.15) is 12.0 Å². The summed E-state index contributed by atoms with van der Waals surface area (Å²) in [4.78, 5) is 11.5. The van der Waals surface area contributed by atoms with E-state index in [0.717, 1.165) is 32.5 Å². The molecule has 1 aliphatic heterocycles. The normalized spacial score (nSPS) is 14.9. The lowest BCUT2D eigenvalue weighted by atomic mass is 10.0. The standard InChI is InChI=1S/C15H22N2O2/c18-15(14-11-16-12-14)17-8-4-9-19-10-7-13-5-2-1-3-6-13/h1-3,5-6,14,16H,4,7-12H2,(H,17,18). The van der Waals surface area contributed by atoms with Gasteiger partial charge < -0.3 is 15.4 Å². The van der Waals surface area contributed by atoms with Crippen LogP contribution in [-0.4, -0.2) is 38.8 Å². The molecule has 1 amide bonds. The Balaban J connectivity index is 1.43. The zero-order valence-electron chi connectivity index (χ0n) is 11.2. The van der Waals surface area contributed by atoms with Gasteiger partial charge in [-0.05, 0) is 18.4 Å². The van der Waals surface area contributed by atoms with Gasteiger partial charge in [0.05, 0.1) is 12.5 Å². The maximum Gasteiger partial charge on any atom is 0.225 e. The van der Waals surface area contributed by atoms with E-state index in [1.807, 2.05) is 18.2 Å². The van der Waals surface area contributed by atoms with E-state index in [1.54, 1.807) is 0 Å². The number of hydrogen-bond acceptors (Lipinski definition) is 3. The molecule has 4 nitrogen and oxygen atoms in total. The first-order valence-electron chi connectivity index (χ1n) is 6.96. The largest absolute Gasteiger partial charge is 0.381 e. The van der Waals surface area contributed by atoms with Gasteiger partial charge in [0, 0.05) is 26.2 Å². The number of amides is 1. The third kappa shape index (κ3) is 5.01. The van der Waals surface area contributed by atoms with E-state index in [2.05, 4.69) is 22.8 Å². The van der Waals surface area contributed by atoms with Crippen LogP contribution in [0.3, 0.4) is 0 Å². The molecule has 1 heterocycles. The summed E-state index contributed by atoms with van der Waals surface area (Å²) in [5.41, 5.74) is 1.30. The lowest BCUT2D eigenvalue weighted by molar-refractivity contribution is -0.126. The van der Waals surface area contributed by atoms with Crippen LogP contribution in [0.5, 0.6) is 0 Å². The highest BCUT2D eigenvalue weighted by atomic mass is 16.5. The smallest absolute Gasteiger partial charge is 0.225 e. The number of ether oxygens (including phenoxy) is 1. The van der Waals surface area contributed by atoms with Crippen molar-refractivity contribution >= 4 is 5.91 Å². The molecule has 1 aromatic carbocycles. The summed E-state index contributed by atoms with van der Waals surface area (Å²) in [7, 11) is 0. The number of rotatable bonds is 8. The molecule has 0 aromatic heterocycles. The molecule has 1 aliphatic rings. The van der Waals surface area contributed by atoms with E-state index in [1.165, 1.54) is 5.56 Å². The monoisotopic (exact) mass is 262 g/mol. The molecule has 2 rings (SSSR count). The maximum atomic E-state index is 11.5. The molecule has 19 heavy (non-hydrogen) atoms. The minimum absolute atomic E-state index is 0.169. The minimum atomic E-state index is 0.169. The Bertz CT molecular complexity index is 377. The van der Waals surface area contributed by atoms with E-state index < -0.39 is 0 Å². The molecule has 0 bridgehead atoms. The van der Waals surface area contributed by atoms with E-state index >= 15 is 0 Å². The molecule has 0 unspecified atom stereocenters. The number of hydrogen-bond donors (Lipinski definition) is 2. The van der Waals surface area contributed by atoms with E-state index in [-0.39, 0.29) is 11.8 Å². The Kier molecular flexibility index (Phi) is 5.85. The quantitative estimate of drug-likeness (QED) is 0.686. The van der Waals surface area contributed by atoms with Crippen LogP contribution in [0.15, 0.2) is 30.3 Å². The fourth-order valence-corrected chi connectivity index (χ4v) is 1.94. The van der Waals surface area contributed by atoms with Gasteiger partial charge in [-0.15, -0.1) is 0 Å². The molecule has 0 aliphatic carbocycles. The first kappa shape index (κ1) is 14.0. The number of nitrogens with one attached hydrogen (secondary N) is 2. The number of carbonyl (C=O) groups is 1. The van der Waals surface area contributed by atoms with Crippen molar-refractivity contribution in [1.82, 2.24) is 10.6 Å². The summed E-state index contributed by atoms with van der Waals surface area (Å²) in [6.45, 7) is 3.79. The third-order valence-electron chi connectivity index (χ3n) is 3.29. The average molecular weight is 262 g/mol. The zero-order valence-corrected chi connectivity index (χ0v) is 11.2. The lowest BCUT2D eigenvalue weighted by Gasteiger charge is -2.25. The van der Waals surface area contributed by atoms with Crippen LogP contribution >= 0.6 is 0 Å². The highest BCUT2D eigenvalue weighted by molar-refractivity contribution is 5.79. The van der Waals surface area contributed by atoms with E-state index in [0.29, 0.717) is 13.2 Å². The van der Waals surface area contributed by atoms with Crippen molar-refractivity contribution in [2.75, 3.05) is 32.8 Å². The molecule has 1 fully saturated rings. The molecule has 104 valence electrons. The second-order valence-corrected chi connectivity index (χ2v) is 4.85. The molecule has 0 saturated carbocycles. The summed E-state index contributed by atoms with van der Waals surface area (Å²) in [6, 6.07) is 10.3. The van der Waals surface area contributed by atoms with E-state index in [9.17, 15) is 4.79 Å². The van der Waals surface area contributed by atoms with Crippen LogP contribution < -0.4 is 10.6 Å². The fourth-order valence-electron chi connectivity index (χ4n) is 1.94. The predicted molar refractivity (Wildman–Crippen MR) is 75.0 cm³/mol. The second kappa shape index (κ2) is 7.92. The Morgan fingerprint density at radius 1 is 1.26 bits per heavy atom. The second-order valence-electron chi connectivity index (χ2n) is 4.85. The summed E-state index contributed by atoms with van der Waals surface area (Å²) in [5.74, 6) is 0.349. The van der Waals surface area contributed by atoms with Crippen molar-refractivity contribution in [2.45, 2.75) is 12.8 Å². The van der Waals surface area contributed by atoms with Gasteiger partial charge in [0.25, 0.3) is 0 Å². The molecule has 0 radical (unpaired) electrons. The molecule has 1 saturated heterocycles. The SMILES string of the molecule is O=C(NCCCOCCc1ccccc1)C1CNC1. The lowest BCUT2D eigenvalue weighted by Crippen LogP contribution is -2.50. The molecule has 0 spiro atoms. The van der Waals surface area contributed by atoms with Crippen LogP contribution in [0.25, 0.3) is 0 Å². The number of carbonyl (C=O) groups excluding carboxylic acids is 1. The Morgan fingerprint density at radius 2 is 2.05 bits per heavy atom. The molecule has 2 N–H and O–H groups in total. The van der Waals surface area contributed by atoms with Gasteiger partial charge in [-0.25, -0.2) is 0 Å². The first-order chi connectivity index (χ1) is 9.36. The van der Waals surface area contributed by atoms with Gasteiger partial charge in [0.2, 0.25) is 5.91 Å². The highest BCUT2D eigenvalue weighted by Crippen LogP contribution is 2.02. The van der Waals surface area contributed by atoms with E-state index in [4.69, 9.17) is 4.74 Å². The van der Waals surface area contributed by atoms with Crippen molar-refractivity contribution < 1.29 is 9.53 Å². The molecular weight excluding hydrogens is 240 g/mol. The van der Waals surface area contributed by atoms with Gasteiger partial charge in [-0.1, -0.05) is 30.3 Å². The number of benzene rings is 1. The van der Waals surface area contributed by atoms with Crippen LogP contribution in [-0.2, 0) is 16.0 Å². The van der Waals surface area contributed by atoms with Gasteiger partial charge >= 0.3 is 0 Å². The summed E-state index contributed by atoms with van der Waals surface area (Å²) in [5, 5.41) is 6.02. The fraction of sp³-hybridized carbons (Fsp3) is 0.533. The predicted octanol–water partition coefficient (Wildman–Crippen LogP) is 0.971. The Labute approximate surface area is 114 Å². The zero-order chi connectivity index (χ0) is 13.3. The molecule has 1 aromatic rings. The molecular formula is C15H22N2O2. The summed E-state index contributed by atoms with van der Waals surface area (Å²) in [6.07, 6.45) is 1.82. The maximum absolute atomic E-state index is 11.5. The van der Waals surface area contributed by atoms with Gasteiger partial charge in [-0.3, -0.25) is 4.79 Å². The Hall–Kier alpha value is -1.39. The summed E-state index contributed by atoms with van der Waals surface area (Å²) < 4.78 is 5.56. The minimum Gasteiger partial charge on any atom is -0.381 e. The van der Waals surface area contributed by atoms with Gasteiger partial charge in [0.1, 0.15) is 0 Å². The van der Waals surface area contributed by atoms with Crippen molar-refractivity contribution in [3.8, 4) is 0 Å². The van der Waals surface area contributed by atoms with Crippen LogP contribution in [0.4, 0.5) is 0 Å².